The summed E-state index contributed by atoms with van der Waals surface area (Å²) in [5.74, 6) is 0.637. The molecule has 1 aliphatic rings. The number of carbonyl (C=O) groups is 1. The predicted octanol–water partition coefficient (Wildman–Crippen LogP) is 2.31. The molecule has 4 heteroatoms. The van der Waals surface area contributed by atoms with Gasteiger partial charge in [0.05, 0.1) is 11.2 Å². The van der Waals surface area contributed by atoms with Gasteiger partial charge in [-0.3, -0.25) is 0 Å². The van der Waals surface area contributed by atoms with Crippen molar-refractivity contribution in [2.45, 2.75) is 18.8 Å². The minimum Gasteiger partial charge on any atom is -0.478 e. The van der Waals surface area contributed by atoms with Gasteiger partial charge >= 0.3 is 5.97 Å². The maximum absolute atomic E-state index is 10.5. The Morgan fingerprint density at radius 3 is 3.00 bits per heavy atom. The van der Waals surface area contributed by atoms with Crippen molar-refractivity contribution >= 4 is 17.6 Å². The molecule has 0 radical (unpaired) electrons. The maximum Gasteiger partial charge on any atom is 0.328 e. The highest BCUT2D eigenvalue weighted by Crippen LogP contribution is 2.40. The summed E-state index contributed by atoms with van der Waals surface area (Å²) in [4.78, 5) is 15.1. The third-order valence-electron chi connectivity index (χ3n) is 2.93. The molecule has 17 heavy (non-hydrogen) atoms. The van der Waals surface area contributed by atoms with Crippen LogP contribution in [0.4, 0.5) is 0 Å². The van der Waals surface area contributed by atoms with Crippen LogP contribution in [-0.4, -0.2) is 20.5 Å². The Morgan fingerprint density at radius 1 is 1.47 bits per heavy atom. The number of carboxylic acids is 1. The van der Waals surface area contributed by atoms with Crippen molar-refractivity contribution in [1.29, 1.82) is 0 Å². The Morgan fingerprint density at radius 2 is 2.29 bits per heavy atom. The van der Waals surface area contributed by atoms with Crippen LogP contribution < -0.4 is 0 Å². The van der Waals surface area contributed by atoms with Crippen LogP contribution in [0.25, 0.3) is 11.6 Å². The zero-order valence-corrected chi connectivity index (χ0v) is 9.21. The molecule has 1 saturated carbocycles. The van der Waals surface area contributed by atoms with E-state index in [-0.39, 0.29) is 0 Å². The quantitative estimate of drug-likeness (QED) is 0.820. The molecule has 2 aromatic rings. The molecule has 0 spiro atoms. The highest BCUT2D eigenvalue weighted by molar-refractivity contribution is 5.86. The lowest BCUT2D eigenvalue weighted by Gasteiger charge is -1.96. The van der Waals surface area contributed by atoms with E-state index in [2.05, 4.69) is 9.38 Å². The van der Waals surface area contributed by atoms with Crippen LogP contribution >= 0.6 is 0 Å². The number of fused-ring (bicyclic) bond motifs is 1. The Bertz CT molecular complexity index is 609. The SMILES string of the molecule is O=C(O)/C=C/c1nc(C2CC2)n2ccccc12. The standard InChI is InChI=1S/C13H12N2O2/c16-12(17)7-6-10-11-3-1-2-8-15(11)13(14-10)9-4-5-9/h1-3,6-9H,4-5H2,(H,16,17)/b7-6+. The van der Waals surface area contributed by atoms with Gasteiger partial charge in [-0.25, -0.2) is 9.78 Å². The molecule has 0 aliphatic heterocycles. The van der Waals surface area contributed by atoms with E-state index in [1.54, 1.807) is 6.08 Å². The van der Waals surface area contributed by atoms with Gasteiger partial charge in [-0.2, -0.15) is 0 Å². The van der Waals surface area contributed by atoms with Crippen molar-refractivity contribution in [3.8, 4) is 0 Å². The van der Waals surface area contributed by atoms with E-state index in [0.717, 1.165) is 23.1 Å². The lowest BCUT2D eigenvalue weighted by molar-refractivity contribution is -0.131. The number of rotatable bonds is 3. The molecule has 0 aromatic carbocycles. The number of aromatic nitrogens is 2. The molecule has 86 valence electrons. The first kappa shape index (κ1) is 10.1. The Hall–Kier alpha value is -2.10. The second-order valence-corrected chi connectivity index (χ2v) is 4.26. The maximum atomic E-state index is 10.5. The molecule has 3 rings (SSSR count). The van der Waals surface area contributed by atoms with Gasteiger partial charge in [0.25, 0.3) is 0 Å². The Labute approximate surface area is 98.2 Å². The normalized spacial score (nSPS) is 15.8. The largest absolute Gasteiger partial charge is 0.478 e. The van der Waals surface area contributed by atoms with Crippen molar-refractivity contribution in [3.63, 3.8) is 0 Å². The van der Waals surface area contributed by atoms with E-state index in [4.69, 9.17) is 5.11 Å². The third kappa shape index (κ3) is 1.82. The number of imidazole rings is 1. The second-order valence-electron chi connectivity index (χ2n) is 4.26. The molecule has 0 amide bonds. The van der Waals surface area contributed by atoms with E-state index in [0.29, 0.717) is 5.92 Å². The average Bonchev–Trinajstić information content (AvgIpc) is 3.09. The number of aliphatic carboxylic acids is 1. The highest BCUT2D eigenvalue weighted by Gasteiger charge is 2.28. The monoisotopic (exact) mass is 228 g/mol. The van der Waals surface area contributed by atoms with Crippen LogP contribution in [0.15, 0.2) is 30.5 Å². The van der Waals surface area contributed by atoms with E-state index in [1.165, 1.54) is 12.8 Å². The van der Waals surface area contributed by atoms with E-state index < -0.39 is 5.97 Å². The molecule has 0 bridgehead atoms. The highest BCUT2D eigenvalue weighted by atomic mass is 16.4. The molecule has 0 unspecified atom stereocenters. The van der Waals surface area contributed by atoms with Gasteiger partial charge in [0, 0.05) is 18.2 Å². The van der Waals surface area contributed by atoms with Crippen LogP contribution in [0.1, 0.15) is 30.3 Å². The number of nitrogens with zero attached hydrogens (tertiary/aromatic N) is 2. The second kappa shape index (κ2) is 3.73. The number of hydrogen-bond donors (Lipinski definition) is 1. The van der Waals surface area contributed by atoms with Gasteiger partial charge in [0.1, 0.15) is 5.82 Å². The van der Waals surface area contributed by atoms with Gasteiger partial charge in [-0.05, 0) is 31.1 Å². The molecule has 0 saturated heterocycles. The Balaban J connectivity index is 2.14. The first-order valence-electron chi connectivity index (χ1n) is 5.63. The van der Waals surface area contributed by atoms with Crippen LogP contribution in [0.5, 0.6) is 0 Å². The van der Waals surface area contributed by atoms with Crippen molar-refractivity contribution in [1.82, 2.24) is 9.38 Å². The summed E-state index contributed by atoms with van der Waals surface area (Å²) in [5.41, 5.74) is 1.70. The van der Waals surface area contributed by atoms with E-state index in [9.17, 15) is 4.79 Å². The summed E-state index contributed by atoms with van der Waals surface area (Å²) in [6, 6.07) is 5.86. The lowest BCUT2D eigenvalue weighted by atomic mass is 10.3. The first-order valence-corrected chi connectivity index (χ1v) is 5.63. The fraction of sp³-hybridized carbons (Fsp3) is 0.231. The van der Waals surface area contributed by atoms with Crippen LogP contribution in [0.3, 0.4) is 0 Å². The molecule has 1 fully saturated rings. The van der Waals surface area contributed by atoms with Crippen molar-refractivity contribution < 1.29 is 9.90 Å². The molecular weight excluding hydrogens is 216 g/mol. The molecule has 1 aliphatic carbocycles. The van der Waals surface area contributed by atoms with Gasteiger partial charge in [0.2, 0.25) is 0 Å². The van der Waals surface area contributed by atoms with Gasteiger partial charge in [0.15, 0.2) is 0 Å². The van der Waals surface area contributed by atoms with Crippen molar-refractivity contribution in [2.24, 2.45) is 0 Å². The minimum absolute atomic E-state index is 0.539. The number of pyridine rings is 1. The smallest absolute Gasteiger partial charge is 0.328 e. The predicted molar refractivity (Wildman–Crippen MR) is 63.8 cm³/mol. The number of hydrogen-bond acceptors (Lipinski definition) is 2. The van der Waals surface area contributed by atoms with Crippen molar-refractivity contribution in [3.05, 3.63) is 42.0 Å². The Kier molecular flexibility index (Phi) is 2.21. The summed E-state index contributed by atoms with van der Waals surface area (Å²) < 4.78 is 2.05. The fourth-order valence-electron chi connectivity index (χ4n) is 1.99. The fourth-order valence-corrected chi connectivity index (χ4v) is 1.99. The first-order chi connectivity index (χ1) is 8.25. The van der Waals surface area contributed by atoms with Gasteiger partial charge < -0.3 is 9.51 Å². The summed E-state index contributed by atoms with van der Waals surface area (Å²) in [6.07, 6.45) is 7.02. The van der Waals surface area contributed by atoms with Crippen LogP contribution in [-0.2, 0) is 4.79 Å². The molecular formula is C13H12N2O2. The lowest BCUT2D eigenvalue weighted by Crippen LogP contribution is -1.90. The van der Waals surface area contributed by atoms with E-state index in [1.807, 2.05) is 24.4 Å². The zero-order chi connectivity index (χ0) is 11.8. The van der Waals surface area contributed by atoms with Crippen LogP contribution in [0.2, 0.25) is 0 Å². The van der Waals surface area contributed by atoms with Crippen LogP contribution in [0, 0.1) is 0 Å². The summed E-state index contributed by atoms with van der Waals surface area (Å²) in [6.45, 7) is 0. The van der Waals surface area contributed by atoms with Crippen molar-refractivity contribution in [2.75, 3.05) is 0 Å². The third-order valence-corrected chi connectivity index (χ3v) is 2.93. The topological polar surface area (TPSA) is 54.6 Å². The summed E-state index contributed by atoms with van der Waals surface area (Å²) >= 11 is 0. The molecule has 1 N–H and O–H groups in total. The average molecular weight is 228 g/mol. The van der Waals surface area contributed by atoms with E-state index >= 15 is 0 Å². The molecule has 0 atom stereocenters. The summed E-state index contributed by atoms with van der Waals surface area (Å²) in [7, 11) is 0. The molecule has 2 heterocycles. The molecule has 4 nitrogen and oxygen atoms in total. The molecule has 2 aromatic heterocycles. The summed E-state index contributed by atoms with van der Waals surface area (Å²) in [5, 5.41) is 8.65. The van der Waals surface area contributed by atoms with Gasteiger partial charge in [-0.15, -0.1) is 0 Å². The number of carboxylic acid groups (broad SMARTS) is 1. The van der Waals surface area contributed by atoms with Gasteiger partial charge in [-0.1, -0.05) is 6.07 Å². The zero-order valence-electron chi connectivity index (χ0n) is 9.21. The minimum atomic E-state index is -0.949.